The number of carbonyl (C=O) groups is 1. The third-order valence-corrected chi connectivity index (χ3v) is 7.45. The van der Waals surface area contributed by atoms with Gasteiger partial charge in [-0.25, -0.2) is 8.42 Å². The standard InChI is InChI=1S/C23H30N2O4S/c1-18-9-5-6-10-19(18)13-14-24-23(26)21-17-20(11-12-22(21)29-2)30(27,28)25-15-7-3-4-8-16-25/h5-6,9-12,17H,3-4,7-8,13-16H2,1-2H3,(H,24,26). The summed E-state index contributed by atoms with van der Waals surface area (Å²) in [6, 6.07) is 12.5. The maximum absolute atomic E-state index is 13.1. The third-order valence-electron chi connectivity index (χ3n) is 5.56. The van der Waals surface area contributed by atoms with Gasteiger partial charge in [0.15, 0.2) is 0 Å². The summed E-state index contributed by atoms with van der Waals surface area (Å²) in [4.78, 5) is 12.9. The molecule has 1 aliphatic heterocycles. The fourth-order valence-electron chi connectivity index (χ4n) is 3.75. The lowest BCUT2D eigenvalue weighted by Crippen LogP contribution is -2.32. The molecule has 0 radical (unpaired) electrons. The number of sulfonamides is 1. The Balaban J connectivity index is 1.76. The summed E-state index contributed by atoms with van der Waals surface area (Å²) in [6.45, 7) is 3.53. The Kier molecular flexibility index (Phi) is 7.50. The number of carbonyl (C=O) groups excluding carboxylic acids is 1. The summed E-state index contributed by atoms with van der Waals surface area (Å²) >= 11 is 0. The van der Waals surface area contributed by atoms with Crippen molar-refractivity contribution in [2.75, 3.05) is 26.7 Å². The average molecular weight is 431 g/mol. The minimum Gasteiger partial charge on any atom is -0.496 e. The summed E-state index contributed by atoms with van der Waals surface area (Å²) in [6.07, 6.45) is 4.52. The van der Waals surface area contributed by atoms with Gasteiger partial charge in [-0.3, -0.25) is 4.79 Å². The second-order valence-corrected chi connectivity index (χ2v) is 9.55. The normalized spacial score (nSPS) is 15.4. The van der Waals surface area contributed by atoms with Crippen molar-refractivity contribution in [1.82, 2.24) is 9.62 Å². The Hall–Kier alpha value is -2.38. The summed E-state index contributed by atoms with van der Waals surface area (Å²) in [5.74, 6) is 0.0200. The molecule has 7 heteroatoms. The molecular weight excluding hydrogens is 400 g/mol. The topological polar surface area (TPSA) is 75.7 Å². The molecular formula is C23H30N2O4S. The molecule has 2 aromatic carbocycles. The van der Waals surface area contributed by atoms with Gasteiger partial charge < -0.3 is 10.1 Å². The first-order chi connectivity index (χ1) is 14.4. The van der Waals surface area contributed by atoms with Crippen LogP contribution in [0.15, 0.2) is 47.4 Å². The lowest BCUT2D eigenvalue weighted by molar-refractivity contribution is 0.0951. The van der Waals surface area contributed by atoms with Crippen LogP contribution in [-0.2, 0) is 16.4 Å². The molecule has 0 aromatic heterocycles. The number of ether oxygens (including phenoxy) is 1. The van der Waals surface area contributed by atoms with Crippen molar-refractivity contribution >= 4 is 15.9 Å². The molecule has 30 heavy (non-hydrogen) atoms. The number of nitrogens with zero attached hydrogens (tertiary/aromatic N) is 1. The highest BCUT2D eigenvalue weighted by Crippen LogP contribution is 2.26. The van der Waals surface area contributed by atoms with Crippen molar-refractivity contribution in [3.63, 3.8) is 0 Å². The summed E-state index contributed by atoms with van der Waals surface area (Å²) < 4.78 is 33.1. The summed E-state index contributed by atoms with van der Waals surface area (Å²) in [5.41, 5.74) is 2.58. The van der Waals surface area contributed by atoms with Crippen molar-refractivity contribution in [1.29, 1.82) is 0 Å². The van der Waals surface area contributed by atoms with Gasteiger partial charge in [0.05, 0.1) is 17.6 Å². The zero-order chi connectivity index (χ0) is 21.6. The highest BCUT2D eigenvalue weighted by molar-refractivity contribution is 7.89. The van der Waals surface area contributed by atoms with Gasteiger partial charge >= 0.3 is 0 Å². The van der Waals surface area contributed by atoms with Gasteiger partial charge in [0.25, 0.3) is 5.91 Å². The van der Waals surface area contributed by atoms with Gasteiger partial charge in [0.1, 0.15) is 5.75 Å². The number of nitrogens with one attached hydrogen (secondary N) is 1. The molecule has 1 heterocycles. The van der Waals surface area contributed by atoms with Crippen LogP contribution >= 0.6 is 0 Å². The molecule has 162 valence electrons. The molecule has 1 fully saturated rings. The summed E-state index contributed by atoms with van der Waals surface area (Å²) in [7, 11) is -2.16. The van der Waals surface area contributed by atoms with Crippen molar-refractivity contribution < 1.29 is 17.9 Å². The monoisotopic (exact) mass is 430 g/mol. The van der Waals surface area contributed by atoms with E-state index in [0.29, 0.717) is 31.8 Å². The predicted octanol–water partition coefficient (Wildman–Crippen LogP) is 3.54. The molecule has 0 atom stereocenters. The Labute approximate surface area is 179 Å². The molecule has 0 saturated carbocycles. The zero-order valence-corrected chi connectivity index (χ0v) is 18.5. The van der Waals surface area contributed by atoms with Crippen molar-refractivity contribution in [2.45, 2.75) is 43.9 Å². The highest BCUT2D eigenvalue weighted by Gasteiger charge is 2.27. The number of hydrogen-bond donors (Lipinski definition) is 1. The van der Waals surface area contributed by atoms with Crippen LogP contribution in [-0.4, -0.2) is 45.4 Å². The van der Waals surface area contributed by atoms with Crippen LogP contribution in [0.4, 0.5) is 0 Å². The fourth-order valence-corrected chi connectivity index (χ4v) is 5.30. The first kappa shape index (κ1) is 22.3. The van der Waals surface area contributed by atoms with Crippen LogP contribution in [0.1, 0.15) is 47.2 Å². The number of rotatable bonds is 7. The van der Waals surface area contributed by atoms with Crippen LogP contribution in [0.25, 0.3) is 0 Å². The van der Waals surface area contributed by atoms with Crippen LogP contribution < -0.4 is 10.1 Å². The van der Waals surface area contributed by atoms with Crippen LogP contribution in [0.5, 0.6) is 5.75 Å². The molecule has 1 aliphatic rings. The van der Waals surface area contributed by atoms with E-state index in [2.05, 4.69) is 5.32 Å². The van der Waals surface area contributed by atoms with Crippen molar-refractivity contribution in [3.8, 4) is 5.75 Å². The number of aryl methyl sites for hydroxylation is 1. The molecule has 2 aromatic rings. The zero-order valence-electron chi connectivity index (χ0n) is 17.7. The highest BCUT2D eigenvalue weighted by atomic mass is 32.2. The Morgan fingerprint density at radius 2 is 1.77 bits per heavy atom. The molecule has 1 amide bonds. The van der Waals surface area contributed by atoms with Crippen LogP contribution in [0.3, 0.4) is 0 Å². The van der Waals surface area contributed by atoms with E-state index in [1.807, 2.05) is 31.2 Å². The van der Waals surface area contributed by atoms with Gasteiger partial charge in [-0.1, -0.05) is 37.1 Å². The Bertz CT molecular complexity index is 980. The number of benzene rings is 2. The van der Waals surface area contributed by atoms with E-state index in [1.165, 1.54) is 34.7 Å². The van der Waals surface area contributed by atoms with Crippen LogP contribution in [0, 0.1) is 6.92 Å². The first-order valence-electron chi connectivity index (χ1n) is 10.4. The number of methoxy groups -OCH3 is 1. The van der Waals surface area contributed by atoms with E-state index < -0.39 is 10.0 Å². The Morgan fingerprint density at radius 1 is 1.07 bits per heavy atom. The van der Waals surface area contributed by atoms with E-state index in [1.54, 1.807) is 6.07 Å². The number of hydrogen-bond acceptors (Lipinski definition) is 4. The lowest BCUT2D eigenvalue weighted by atomic mass is 10.1. The maximum Gasteiger partial charge on any atom is 0.255 e. The maximum atomic E-state index is 13.1. The van der Waals surface area contributed by atoms with Gasteiger partial charge in [-0.05, 0) is 55.5 Å². The SMILES string of the molecule is COc1ccc(S(=O)(=O)N2CCCCCC2)cc1C(=O)NCCc1ccccc1C. The van der Waals surface area contributed by atoms with E-state index in [-0.39, 0.29) is 16.4 Å². The molecule has 0 spiro atoms. The van der Waals surface area contributed by atoms with Gasteiger partial charge in [-0.2, -0.15) is 4.31 Å². The molecule has 3 rings (SSSR count). The smallest absolute Gasteiger partial charge is 0.255 e. The van der Waals surface area contributed by atoms with Gasteiger partial charge in [0, 0.05) is 19.6 Å². The van der Waals surface area contributed by atoms with E-state index in [0.717, 1.165) is 25.7 Å². The molecule has 1 saturated heterocycles. The van der Waals surface area contributed by atoms with Crippen molar-refractivity contribution in [2.24, 2.45) is 0 Å². The minimum absolute atomic E-state index is 0.134. The van der Waals surface area contributed by atoms with Crippen LogP contribution in [0.2, 0.25) is 0 Å². The average Bonchev–Trinajstić information content (AvgIpc) is 3.04. The Morgan fingerprint density at radius 3 is 2.43 bits per heavy atom. The molecule has 1 N–H and O–H groups in total. The number of amides is 1. The third kappa shape index (κ3) is 5.21. The van der Waals surface area contributed by atoms with E-state index >= 15 is 0 Å². The van der Waals surface area contributed by atoms with Gasteiger partial charge in [0.2, 0.25) is 10.0 Å². The quantitative estimate of drug-likeness (QED) is 0.729. The lowest BCUT2D eigenvalue weighted by Gasteiger charge is -2.20. The van der Waals surface area contributed by atoms with E-state index in [9.17, 15) is 13.2 Å². The first-order valence-corrected chi connectivity index (χ1v) is 11.9. The van der Waals surface area contributed by atoms with Crippen molar-refractivity contribution in [3.05, 3.63) is 59.2 Å². The fraction of sp³-hybridized carbons (Fsp3) is 0.435. The van der Waals surface area contributed by atoms with Gasteiger partial charge in [-0.15, -0.1) is 0 Å². The molecule has 0 bridgehead atoms. The predicted molar refractivity (Wildman–Crippen MR) is 117 cm³/mol. The minimum atomic E-state index is -3.64. The second kappa shape index (κ2) is 10.1. The summed E-state index contributed by atoms with van der Waals surface area (Å²) in [5, 5.41) is 2.89. The second-order valence-electron chi connectivity index (χ2n) is 7.61. The largest absolute Gasteiger partial charge is 0.496 e. The molecule has 6 nitrogen and oxygen atoms in total. The molecule has 0 aliphatic carbocycles. The van der Waals surface area contributed by atoms with E-state index in [4.69, 9.17) is 4.74 Å². The molecule has 0 unspecified atom stereocenters.